The molecule has 24 heavy (non-hydrogen) atoms. The number of ether oxygens (including phenoxy) is 1. The van der Waals surface area contributed by atoms with Gasteiger partial charge in [0.2, 0.25) is 0 Å². The Morgan fingerprint density at radius 1 is 1.54 bits per heavy atom. The van der Waals surface area contributed by atoms with Crippen molar-refractivity contribution in [2.24, 2.45) is 5.92 Å². The monoisotopic (exact) mass is 348 g/mol. The number of unbranched alkanes of at least 4 members (excludes halogenated alkanes) is 1. The number of esters is 1. The van der Waals surface area contributed by atoms with Gasteiger partial charge in [-0.05, 0) is 44.1 Å². The number of rotatable bonds is 5. The second-order valence-electron chi connectivity index (χ2n) is 6.69. The van der Waals surface area contributed by atoms with Crippen LogP contribution in [0.25, 0.3) is 10.2 Å². The van der Waals surface area contributed by atoms with Gasteiger partial charge in [-0.25, -0.2) is 9.78 Å². The molecular weight excluding hydrogens is 324 g/mol. The first kappa shape index (κ1) is 17.1. The smallest absolute Gasteiger partial charge is 0.328 e. The molecule has 3 rings (SSSR count). The molecule has 6 heteroatoms. The van der Waals surface area contributed by atoms with E-state index in [4.69, 9.17) is 4.74 Å². The van der Waals surface area contributed by atoms with Gasteiger partial charge in [-0.3, -0.25) is 9.36 Å². The molecule has 0 aromatic carbocycles. The minimum absolute atomic E-state index is 0.119. The Labute approximate surface area is 145 Å². The molecule has 0 spiro atoms. The van der Waals surface area contributed by atoms with Gasteiger partial charge in [0, 0.05) is 4.88 Å². The maximum atomic E-state index is 12.9. The molecule has 130 valence electrons. The van der Waals surface area contributed by atoms with Crippen molar-refractivity contribution in [1.82, 2.24) is 9.55 Å². The standard InChI is InChI=1S/C18H24N2O3S/c1-4-5-8-23-18(22)12(3)20-10-19-16-15(17(20)21)13-7-6-11(2)9-14(13)24-16/h10-12H,4-9H2,1-3H3/t11-,12-/m1/s1. The van der Waals surface area contributed by atoms with E-state index < -0.39 is 6.04 Å². The molecule has 2 aromatic heterocycles. The van der Waals surface area contributed by atoms with E-state index >= 15 is 0 Å². The summed E-state index contributed by atoms with van der Waals surface area (Å²) in [4.78, 5) is 31.6. The van der Waals surface area contributed by atoms with Crippen LogP contribution in [0.1, 0.15) is 56.5 Å². The third-order valence-electron chi connectivity index (χ3n) is 4.74. The normalized spacial score (nSPS) is 18.4. The van der Waals surface area contributed by atoms with E-state index in [2.05, 4.69) is 11.9 Å². The van der Waals surface area contributed by atoms with E-state index in [1.165, 1.54) is 15.8 Å². The van der Waals surface area contributed by atoms with Gasteiger partial charge >= 0.3 is 5.97 Å². The van der Waals surface area contributed by atoms with Crippen LogP contribution in [0.4, 0.5) is 0 Å². The maximum absolute atomic E-state index is 12.9. The highest BCUT2D eigenvalue weighted by molar-refractivity contribution is 7.18. The minimum atomic E-state index is -0.649. The summed E-state index contributed by atoms with van der Waals surface area (Å²) in [5.41, 5.74) is 1.03. The molecule has 1 aliphatic rings. The van der Waals surface area contributed by atoms with Crippen LogP contribution in [-0.2, 0) is 22.4 Å². The number of aryl methyl sites for hydroxylation is 1. The van der Waals surface area contributed by atoms with Crippen LogP contribution < -0.4 is 5.56 Å². The SMILES string of the molecule is CCCCOC(=O)[C@@H](C)n1cnc2sc3c(c2c1=O)CC[C@@H](C)C3. The average Bonchev–Trinajstić information content (AvgIpc) is 2.92. The first-order valence-electron chi connectivity index (χ1n) is 8.71. The fourth-order valence-electron chi connectivity index (χ4n) is 3.17. The van der Waals surface area contributed by atoms with Gasteiger partial charge in [-0.2, -0.15) is 0 Å². The summed E-state index contributed by atoms with van der Waals surface area (Å²) < 4.78 is 6.67. The van der Waals surface area contributed by atoms with Crippen LogP contribution in [0.2, 0.25) is 0 Å². The van der Waals surface area contributed by atoms with Crippen molar-refractivity contribution in [2.45, 2.75) is 58.9 Å². The Balaban J connectivity index is 1.94. The van der Waals surface area contributed by atoms with Gasteiger partial charge < -0.3 is 4.74 Å². The van der Waals surface area contributed by atoms with Gasteiger partial charge in [-0.1, -0.05) is 20.3 Å². The molecule has 0 bridgehead atoms. The molecule has 2 aromatic rings. The molecule has 0 N–H and O–H groups in total. The van der Waals surface area contributed by atoms with Crippen molar-refractivity contribution in [3.8, 4) is 0 Å². The molecule has 0 fully saturated rings. The molecule has 0 aliphatic heterocycles. The first-order chi connectivity index (χ1) is 11.5. The Bertz CT molecular complexity index is 808. The predicted octanol–water partition coefficient (Wildman–Crippen LogP) is 3.49. The van der Waals surface area contributed by atoms with E-state index in [0.717, 1.165) is 42.5 Å². The van der Waals surface area contributed by atoms with Gasteiger partial charge in [0.05, 0.1) is 18.3 Å². The van der Waals surface area contributed by atoms with E-state index in [9.17, 15) is 9.59 Å². The van der Waals surface area contributed by atoms with E-state index in [1.807, 2.05) is 6.92 Å². The second-order valence-corrected chi connectivity index (χ2v) is 7.77. The molecule has 0 saturated heterocycles. The Kier molecular flexibility index (Phi) is 5.04. The number of aromatic nitrogens is 2. The molecule has 1 aliphatic carbocycles. The zero-order valence-corrected chi connectivity index (χ0v) is 15.3. The quantitative estimate of drug-likeness (QED) is 0.613. The summed E-state index contributed by atoms with van der Waals surface area (Å²) in [7, 11) is 0. The lowest BCUT2D eigenvalue weighted by Gasteiger charge is -2.18. The van der Waals surface area contributed by atoms with Gasteiger partial charge in [0.25, 0.3) is 5.56 Å². The predicted molar refractivity (Wildman–Crippen MR) is 95.6 cm³/mol. The number of carbonyl (C=O) groups is 1. The summed E-state index contributed by atoms with van der Waals surface area (Å²) >= 11 is 1.62. The average molecular weight is 348 g/mol. The number of carbonyl (C=O) groups excluding carboxylic acids is 1. The van der Waals surface area contributed by atoms with Crippen LogP contribution in [0, 0.1) is 5.92 Å². The summed E-state index contributed by atoms with van der Waals surface area (Å²) in [6.45, 7) is 6.38. The largest absolute Gasteiger partial charge is 0.464 e. The number of fused-ring (bicyclic) bond motifs is 3. The fourth-order valence-corrected chi connectivity index (χ4v) is 4.51. The van der Waals surface area contributed by atoms with Crippen molar-refractivity contribution in [2.75, 3.05) is 6.61 Å². The van der Waals surface area contributed by atoms with Crippen molar-refractivity contribution in [3.63, 3.8) is 0 Å². The molecular formula is C18H24N2O3S. The highest BCUT2D eigenvalue weighted by Crippen LogP contribution is 2.35. The summed E-state index contributed by atoms with van der Waals surface area (Å²) in [6.07, 6.45) is 6.33. The van der Waals surface area contributed by atoms with Crippen LogP contribution in [0.5, 0.6) is 0 Å². The summed E-state index contributed by atoms with van der Waals surface area (Å²) in [5.74, 6) is 0.282. The van der Waals surface area contributed by atoms with Gasteiger partial charge in [0.1, 0.15) is 10.9 Å². The number of hydrogen-bond acceptors (Lipinski definition) is 5. The van der Waals surface area contributed by atoms with Crippen molar-refractivity contribution >= 4 is 27.5 Å². The van der Waals surface area contributed by atoms with Crippen molar-refractivity contribution in [3.05, 3.63) is 27.1 Å². The molecule has 5 nitrogen and oxygen atoms in total. The highest BCUT2D eigenvalue weighted by Gasteiger charge is 2.25. The molecule has 2 atom stereocenters. The topological polar surface area (TPSA) is 61.2 Å². The second kappa shape index (κ2) is 7.05. The summed E-state index contributed by atoms with van der Waals surface area (Å²) in [5, 5.41) is 0.706. The van der Waals surface area contributed by atoms with E-state index in [0.29, 0.717) is 17.9 Å². The Morgan fingerprint density at radius 3 is 3.08 bits per heavy atom. The Morgan fingerprint density at radius 2 is 2.33 bits per heavy atom. The maximum Gasteiger partial charge on any atom is 0.328 e. The zero-order chi connectivity index (χ0) is 17.3. The van der Waals surface area contributed by atoms with Crippen LogP contribution in [0.3, 0.4) is 0 Å². The summed E-state index contributed by atoms with van der Waals surface area (Å²) in [6, 6.07) is -0.649. The Hall–Kier alpha value is -1.69. The molecule has 0 unspecified atom stereocenters. The number of thiophene rings is 1. The molecule has 0 radical (unpaired) electrons. The number of hydrogen-bond donors (Lipinski definition) is 0. The minimum Gasteiger partial charge on any atom is -0.464 e. The number of nitrogens with zero attached hydrogens (tertiary/aromatic N) is 2. The molecule has 2 heterocycles. The van der Waals surface area contributed by atoms with Crippen molar-refractivity contribution < 1.29 is 9.53 Å². The van der Waals surface area contributed by atoms with Gasteiger partial charge in [-0.15, -0.1) is 11.3 Å². The molecule has 0 amide bonds. The fraction of sp³-hybridized carbons (Fsp3) is 0.611. The van der Waals surface area contributed by atoms with Gasteiger partial charge in [0.15, 0.2) is 0 Å². The van der Waals surface area contributed by atoms with Crippen LogP contribution in [-0.4, -0.2) is 22.1 Å². The zero-order valence-electron chi connectivity index (χ0n) is 14.5. The highest BCUT2D eigenvalue weighted by atomic mass is 32.1. The van der Waals surface area contributed by atoms with E-state index in [1.54, 1.807) is 18.3 Å². The van der Waals surface area contributed by atoms with Crippen LogP contribution >= 0.6 is 11.3 Å². The first-order valence-corrected chi connectivity index (χ1v) is 9.52. The van der Waals surface area contributed by atoms with Crippen LogP contribution in [0.15, 0.2) is 11.1 Å². The lowest BCUT2D eigenvalue weighted by Crippen LogP contribution is -2.30. The lowest BCUT2D eigenvalue weighted by atomic mass is 9.89. The third kappa shape index (κ3) is 3.11. The van der Waals surface area contributed by atoms with Crippen molar-refractivity contribution in [1.29, 1.82) is 0 Å². The van der Waals surface area contributed by atoms with E-state index in [-0.39, 0.29) is 11.5 Å². The third-order valence-corrected chi connectivity index (χ3v) is 5.90. The molecule has 0 saturated carbocycles. The lowest BCUT2D eigenvalue weighted by molar-refractivity contribution is -0.147.